The van der Waals surface area contributed by atoms with Gasteiger partial charge in [-0.05, 0) is 37.9 Å². The number of hydrogen-bond donors (Lipinski definition) is 0. The summed E-state index contributed by atoms with van der Waals surface area (Å²) < 4.78 is 23.9. The van der Waals surface area contributed by atoms with E-state index < -0.39 is 15.5 Å². The molecule has 6 heteroatoms. The second kappa shape index (κ2) is 6.28. The quantitative estimate of drug-likeness (QED) is 0.573. The van der Waals surface area contributed by atoms with Gasteiger partial charge in [-0.1, -0.05) is 20.8 Å². The minimum atomic E-state index is -1.98. The van der Waals surface area contributed by atoms with Crippen LogP contribution in [0.2, 0.25) is 18.1 Å². The van der Waals surface area contributed by atoms with Gasteiger partial charge in [-0.25, -0.2) is 0 Å². The van der Waals surface area contributed by atoms with Gasteiger partial charge < -0.3 is 13.7 Å². The van der Waals surface area contributed by atoms with Crippen LogP contribution in [-0.4, -0.2) is 53.9 Å². The van der Waals surface area contributed by atoms with Crippen molar-refractivity contribution in [3.8, 4) is 0 Å². The average molecular weight is 316 g/mol. The van der Waals surface area contributed by atoms with Crippen molar-refractivity contribution in [1.82, 2.24) is 0 Å². The molecule has 0 aromatic carbocycles. The Balaban J connectivity index is 2.56. The second-order valence-electron chi connectivity index (χ2n) is 7.96. The lowest BCUT2D eigenvalue weighted by Crippen LogP contribution is -2.46. The second-order valence-corrected chi connectivity index (χ2v) is 16.3. The number of rotatable bonds is 5. The molecular weight excluding hydrogens is 286 g/mol. The summed E-state index contributed by atoms with van der Waals surface area (Å²) in [5, 5.41) is 0.174. The van der Waals surface area contributed by atoms with E-state index in [0.29, 0.717) is 0 Å². The fourth-order valence-electron chi connectivity index (χ4n) is 2.07. The Bertz CT molecular complexity index is 375. The molecule has 2 radical (unpaired) electrons. The molecule has 3 atom stereocenters. The predicted molar refractivity (Wildman–Crippen MR) is 90.0 cm³/mol. The van der Waals surface area contributed by atoms with E-state index in [1.807, 2.05) is 13.3 Å². The Kier molecular flexibility index (Phi) is 5.80. The van der Waals surface area contributed by atoms with Crippen molar-refractivity contribution in [3.63, 3.8) is 0 Å². The molecule has 0 unspecified atom stereocenters. The molecule has 0 N–H and O–H groups in total. The van der Waals surface area contributed by atoms with Gasteiger partial charge in [0.15, 0.2) is 8.32 Å². The molecule has 0 aromatic rings. The molecule has 1 aliphatic rings. The van der Waals surface area contributed by atoms with E-state index in [1.165, 1.54) is 0 Å². The lowest BCUT2D eigenvalue weighted by atomic mass is 9.94. The van der Waals surface area contributed by atoms with Crippen molar-refractivity contribution in [3.05, 3.63) is 0 Å². The lowest BCUT2D eigenvalue weighted by Gasteiger charge is -2.39. The van der Waals surface area contributed by atoms with Gasteiger partial charge in [0.25, 0.3) is 0 Å². The Morgan fingerprint density at radius 1 is 1.35 bits per heavy atom. The predicted octanol–water partition coefficient (Wildman–Crippen LogP) is 3.67. The van der Waals surface area contributed by atoms with E-state index in [-0.39, 0.29) is 23.2 Å². The molecule has 0 bridgehead atoms. The molecule has 116 valence electrons. The first-order valence-corrected chi connectivity index (χ1v) is 13.1. The maximum atomic E-state index is 11.8. The molecule has 0 aliphatic carbocycles. The molecule has 1 saturated heterocycles. The minimum Gasteiger partial charge on any atom is -0.412 e. The molecule has 0 spiro atoms. The Morgan fingerprint density at radius 3 is 2.35 bits per heavy atom. The highest BCUT2D eigenvalue weighted by Gasteiger charge is 2.43. The molecular formula is C14H30BO3PSi. The smallest absolute Gasteiger partial charge is 0.192 e. The molecule has 1 aliphatic heterocycles. The van der Waals surface area contributed by atoms with Crippen molar-refractivity contribution in [2.75, 3.05) is 19.5 Å². The summed E-state index contributed by atoms with van der Waals surface area (Å²) in [5.41, 5.74) is 0. The van der Waals surface area contributed by atoms with Gasteiger partial charge >= 0.3 is 0 Å². The summed E-state index contributed by atoms with van der Waals surface area (Å²) in [4.78, 5) is 0. The van der Waals surface area contributed by atoms with Crippen LogP contribution >= 0.6 is 7.14 Å². The summed E-state index contributed by atoms with van der Waals surface area (Å²) in [6.45, 7) is 14.8. The fourth-order valence-corrected chi connectivity index (χ4v) is 4.32. The fraction of sp³-hybridized carbons (Fsp3) is 1.00. The van der Waals surface area contributed by atoms with Crippen molar-refractivity contribution in [2.24, 2.45) is 0 Å². The van der Waals surface area contributed by atoms with Gasteiger partial charge in [-0.3, -0.25) is 0 Å². The van der Waals surface area contributed by atoms with E-state index >= 15 is 0 Å². The van der Waals surface area contributed by atoms with Gasteiger partial charge in [0.1, 0.15) is 7.85 Å². The lowest BCUT2D eigenvalue weighted by molar-refractivity contribution is 0.0618. The summed E-state index contributed by atoms with van der Waals surface area (Å²) in [6, 6.07) is -0.345. The van der Waals surface area contributed by atoms with E-state index in [9.17, 15) is 4.57 Å². The molecule has 1 rings (SSSR count). The van der Waals surface area contributed by atoms with Crippen molar-refractivity contribution in [1.29, 1.82) is 0 Å². The maximum Gasteiger partial charge on any atom is 0.192 e. The SMILES string of the molecule is [B][C@@H]1O[C@H](CCP(C)(C)=O)C[C@@H]1O[Si](C)(C)C(C)(C)C. The van der Waals surface area contributed by atoms with Crippen LogP contribution < -0.4 is 0 Å². The Labute approximate surface area is 127 Å². The summed E-state index contributed by atoms with van der Waals surface area (Å²) >= 11 is 0. The third-order valence-corrected chi connectivity index (χ3v) is 10.3. The van der Waals surface area contributed by atoms with Gasteiger partial charge in [0, 0.05) is 18.6 Å². The van der Waals surface area contributed by atoms with E-state index in [2.05, 4.69) is 33.9 Å². The van der Waals surface area contributed by atoms with E-state index in [4.69, 9.17) is 17.0 Å². The zero-order valence-corrected chi connectivity index (χ0v) is 16.0. The van der Waals surface area contributed by atoms with Crippen LogP contribution in [-0.2, 0) is 13.7 Å². The van der Waals surface area contributed by atoms with Gasteiger partial charge in [0.2, 0.25) is 0 Å². The summed E-state index contributed by atoms with van der Waals surface area (Å²) in [7, 11) is 2.27. The zero-order valence-electron chi connectivity index (χ0n) is 14.1. The number of ether oxygens (including phenoxy) is 1. The zero-order chi connectivity index (χ0) is 15.8. The Morgan fingerprint density at radius 2 is 1.90 bits per heavy atom. The maximum absolute atomic E-state index is 11.8. The molecule has 0 saturated carbocycles. The standard InChI is InChI=1S/C14H30BO3PSi/c1-14(2,3)20(6,7)18-12-10-11(17-13(12)15)8-9-19(4,5)16/h11-13H,8-10H2,1-7H3/t11-,12+,13-/m1/s1. The van der Waals surface area contributed by atoms with Gasteiger partial charge in [-0.2, -0.15) is 0 Å². The van der Waals surface area contributed by atoms with Gasteiger partial charge in [-0.15, -0.1) is 0 Å². The molecule has 1 heterocycles. The highest BCUT2D eigenvalue weighted by atomic mass is 31.2. The van der Waals surface area contributed by atoms with E-state index in [1.54, 1.807) is 0 Å². The van der Waals surface area contributed by atoms with Crippen molar-refractivity contribution in [2.45, 2.75) is 70.0 Å². The average Bonchev–Trinajstić information content (AvgIpc) is 2.53. The van der Waals surface area contributed by atoms with Crippen LogP contribution in [0.4, 0.5) is 0 Å². The molecule has 0 aromatic heterocycles. The molecule has 20 heavy (non-hydrogen) atoms. The molecule has 1 fully saturated rings. The summed E-state index contributed by atoms with van der Waals surface area (Å²) in [5.74, 6) is 0. The minimum absolute atomic E-state index is 0.0195. The van der Waals surface area contributed by atoms with Gasteiger partial charge in [0.05, 0.1) is 19.3 Å². The third kappa shape index (κ3) is 5.32. The topological polar surface area (TPSA) is 35.5 Å². The van der Waals surface area contributed by atoms with Crippen LogP contribution in [0.1, 0.15) is 33.6 Å². The van der Waals surface area contributed by atoms with Crippen LogP contribution in [0.25, 0.3) is 0 Å². The van der Waals surface area contributed by atoms with Crippen LogP contribution in [0.3, 0.4) is 0 Å². The van der Waals surface area contributed by atoms with Crippen molar-refractivity contribution < 1.29 is 13.7 Å². The largest absolute Gasteiger partial charge is 0.412 e. The number of hydrogen-bond acceptors (Lipinski definition) is 3. The van der Waals surface area contributed by atoms with Crippen LogP contribution in [0, 0.1) is 0 Å². The normalized spacial score (nSPS) is 28.9. The summed E-state index contributed by atoms with van der Waals surface area (Å²) in [6.07, 6.45) is 2.43. The van der Waals surface area contributed by atoms with Crippen LogP contribution in [0.5, 0.6) is 0 Å². The monoisotopic (exact) mass is 316 g/mol. The first kappa shape index (κ1) is 18.5. The Hall–Kier alpha value is 0.432. The highest BCUT2D eigenvalue weighted by Crippen LogP contribution is 2.41. The van der Waals surface area contributed by atoms with E-state index in [0.717, 1.165) is 19.0 Å². The third-order valence-electron chi connectivity index (χ3n) is 4.45. The highest BCUT2D eigenvalue weighted by molar-refractivity contribution is 7.62. The van der Waals surface area contributed by atoms with Crippen molar-refractivity contribution >= 4 is 23.3 Å². The first-order chi connectivity index (χ1) is 8.82. The first-order valence-electron chi connectivity index (χ1n) is 7.45. The molecule has 0 amide bonds. The van der Waals surface area contributed by atoms with Crippen LogP contribution in [0.15, 0.2) is 0 Å². The molecule has 3 nitrogen and oxygen atoms in total.